The molecule has 4 N–H and O–H groups in total. The highest BCUT2D eigenvalue weighted by Crippen LogP contribution is 2.26. The molecule has 1 aromatic carbocycles. The van der Waals surface area contributed by atoms with Gasteiger partial charge in [0.15, 0.2) is 5.82 Å². The molecule has 2 heterocycles. The van der Waals surface area contributed by atoms with E-state index in [-0.39, 0.29) is 17.0 Å². The van der Waals surface area contributed by atoms with Crippen LogP contribution < -0.4 is 11.4 Å². The third kappa shape index (κ3) is 1.53. The number of nitrogens with zero attached hydrogens (tertiary/aromatic N) is 2. The van der Waals surface area contributed by atoms with Crippen molar-refractivity contribution >= 4 is 16.6 Å². The summed E-state index contributed by atoms with van der Waals surface area (Å²) in [7, 11) is 0. The van der Waals surface area contributed by atoms with Gasteiger partial charge >= 0.3 is 5.69 Å². The summed E-state index contributed by atoms with van der Waals surface area (Å²) in [6, 6.07) is 6.22. The summed E-state index contributed by atoms with van der Waals surface area (Å²) in [5.41, 5.74) is 5.66. The van der Waals surface area contributed by atoms with Crippen LogP contribution in [0.15, 0.2) is 29.1 Å². The number of benzene rings is 1. The Labute approximate surface area is 99.7 Å². The molecule has 0 aliphatic rings. The van der Waals surface area contributed by atoms with Gasteiger partial charge in [-0.15, -0.1) is 0 Å². The van der Waals surface area contributed by atoms with E-state index in [1.807, 2.05) is 0 Å². The average Bonchev–Trinajstić information content (AvgIpc) is 2.75. The van der Waals surface area contributed by atoms with E-state index in [4.69, 9.17) is 5.73 Å². The van der Waals surface area contributed by atoms with Crippen molar-refractivity contribution in [3.63, 3.8) is 0 Å². The largest absolute Gasteiger partial charge is 0.383 e. The number of rotatable bonds is 1. The summed E-state index contributed by atoms with van der Waals surface area (Å²) >= 11 is 0. The first-order valence-corrected chi connectivity index (χ1v) is 5.15. The molecule has 0 radical (unpaired) electrons. The summed E-state index contributed by atoms with van der Waals surface area (Å²) < 4.78 is 13.6. The van der Waals surface area contributed by atoms with Gasteiger partial charge in [-0.25, -0.2) is 19.3 Å². The van der Waals surface area contributed by atoms with E-state index in [0.29, 0.717) is 11.1 Å². The molecule has 3 rings (SSSR count). The first-order valence-electron chi connectivity index (χ1n) is 5.15. The normalized spacial score (nSPS) is 10.9. The fourth-order valence-electron chi connectivity index (χ4n) is 1.81. The van der Waals surface area contributed by atoms with Gasteiger partial charge in [0.1, 0.15) is 17.3 Å². The maximum absolute atomic E-state index is 13.6. The second-order valence-electron chi connectivity index (χ2n) is 3.76. The molecule has 0 aliphatic heterocycles. The van der Waals surface area contributed by atoms with Crippen molar-refractivity contribution in [1.29, 1.82) is 0 Å². The Morgan fingerprint density at radius 2 is 2.17 bits per heavy atom. The summed E-state index contributed by atoms with van der Waals surface area (Å²) in [6.07, 6.45) is 0. The van der Waals surface area contributed by atoms with Crippen LogP contribution in [0.25, 0.3) is 22.3 Å². The van der Waals surface area contributed by atoms with Crippen molar-refractivity contribution in [3.8, 4) is 11.5 Å². The summed E-state index contributed by atoms with van der Waals surface area (Å²) in [6.45, 7) is 0. The number of aromatic amines is 2. The molecule has 6 nitrogen and oxygen atoms in total. The van der Waals surface area contributed by atoms with E-state index in [9.17, 15) is 9.18 Å². The molecule has 18 heavy (non-hydrogen) atoms. The van der Waals surface area contributed by atoms with Crippen LogP contribution in [0.5, 0.6) is 0 Å². The number of nitrogens with two attached hydrogens (primary N) is 1. The summed E-state index contributed by atoms with van der Waals surface area (Å²) in [5, 5.41) is 6.84. The van der Waals surface area contributed by atoms with Crippen LogP contribution in [-0.4, -0.2) is 20.2 Å². The Morgan fingerprint density at radius 3 is 2.89 bits per heavy atom. The molecule has 0 saturated carbocycles. The van der Waals surface area contributed by atoms with Crippen molar-refractivity contribution in [2.24, 2.45) is 0 Å². The number of hydrogen-bond donors (Lipinski definition) is 3. The summed E-state index contributed by atoms with van der Waals surface area (Å²) in [5.74, 6) is -0.109. The van der Waals surface area contributed by atoms with Crippen LogP contribution in [0.1, 0.15) is 0 Å². The lowest BCUT2D eigenvalue weighted by Crippen LogP contribution is -2.01. The molecule has 0 amide bonds. The lowest BCUT2D eigenvalue weighted by atomic mass is 10.1. The highest BCUT2D eigenvalue weighted by molar-refractivity contribution is 5.93. The van der Waals surface area contributed by atoms with Gasteiger partial charge in [-0.2, -0.15) is 5.10 Å². The van der Waals surface area contributed by atoms with Crippen molar-refractivity contribution in [2.75, 3.05) is 5.73 Å². The Morgan fingerprint density at radius 1 is 1.33 bits per heavy atom. The lowest BCUT2D eigenvalue weighted by molar-refractivity contribution is 0.640. The van der Waals surface area contributed by atoms with E-state index in [0.717, 1.165) is 0 Å². The first kappa shape index (κ1) is 10.5. The number of pyridine rings is 1. The number of nitrogens with one attached hydrogen (secondary N) is 2. The number of nitrogen functional groups attached to an aromatic ring is 1. The van der Waals surface area contributed by atoms with E-state index < -0.39 is 11.5 Å². The van der Waals surface area contributed by atoms with Gasteiger partial charge in [0.05, 0.1) is 5.39 Å². The third-order valence-electron chi connectivity index (χ3n) is 2.58. The van der Waals surface area contributed by atoms with Crippen molar-refractivity contribution in [1.82, 2.24) is 20.2 Å². The van der Waals surface area contributed by atoms with Crippen LogP contribution in [0.3, 0.4) is 0 Å². The van der Waals surface area contributed by atoms with E-state index in [2.05, 4.69) is 20.2 Å². The quantitative estimate of drug-likeness (QED) is 0.596. The molecule has 0 bridgehead atoms. The number of halogens is 1. The highest BCUT2D eigenvalue weighted by Gasteiger charge is 2.11. The number of fused-ring (bicyclic) bond motifs is 1. The van der Waals surface area contributed by atoms with Crippen molar-refractivity contribution in [3.05, 3.63) is 40.6 Å². The topological polar surface area (TPSA) is 100 Å². The standard InChI is InChI=1S/C11H8FN5O/c12-6-3-1-2-5-4-7(14-9(13)8(5)6)10-15-11(18)17-16-10/h1-4H,(H2,13,14)(H2,15,16,17,18). The minimum Gasteiger partial charge on any atom is -0.383 e. The molecule has 3 aromatic rings. The Kier molecular flexibility index (Phi) is 2.12. The van der Waals surface area contributed by atoms with E-state index in [1.54, 1.807) is 18.2 Å². The average molecular weight is 245 g/mol. The van der Waals surface area contributed by atoms with E-state index in [1.165, 1.54) is 6.07 Å². The van der Waals surface area contributed by atoms with Crippen LogP contribution in [0.4, 0.5) is 10.2 Å². The minimum absolute atomic E-state index is 0.0597. The molecule has 0 unspecified atom stereocenters. The molecule has 0 saturated heterocycles. The number of anilines is 1. The minimum atomic E-state index is -0.440. The molecular weight excluding hydrogens is 237 g/mol. The lowest BCUT2D eigenvalue weighted by Gasteiger charge is -2.04. The maximum Gasteiger partial charge on any atom is 0.340 e. The van der Waals surface area contributed by atoms with Crippen LogP contribution in [0.2, 0.25) is 0 Å². The van der Waals surface area contributed by atoms with Crippen molar-refractivity contribution < 1.29 is 4.39 Å². The third-order valence-corrected chi connectivity index (χ3v) is 2.58. The number of hydrogen-bond acceptors (Lipinski definition) is 4. The second-order valence-corrected chi connectivity index (χ2v) is 3.76. The smallest absolute Gasteiger partial charge is 0.340 e. The molecule has 0 atom stereocenters. The van der Waals surface area contributed by atoms with Gasteiger partial charge in [0, 0.05) is 0 Å². The maximum atomic E-state index is 13.6. The number of aromatic nitrogens is 4. The van der Waals surface area contributed by atoms with Crippen molar-refractivity contribution in [2.45, 2.75) is 0 Å². The van der Waals surface area contributed by atoms with Gasteiger partial charge in [-0.05, 0) is 17.5 Å². The fraction of sp³-hybridized carbons (Fsp3) is 0. The van der Waals surface area contributed by atoms with Gasteiger partial charge in [0.2, 0.25) is 0 Å². The predicted molar refractivity (Wildman–Crippen MR) is 64.3 cm³/mol. The van der Waals surface area contributed by atoms with Gasteiger partial charge in [0.25, 0.3) is 0 Å². The molecule has 2 aromatic heterocycles. The molecule has 0 spiro atoms. The predicted octanol–water partition coefficient (Wildman–Crippen LogP) is 1.03. The zero-order valence-corrected chi connectivity index (χ0v) is 9.07. The molecule has 7 heteroatoms. The van der Waals surface area contributed by atoms with Crippen LogP contribution >= 0.6 is 0 Å². The molecule has 90 valence electrons. The highest BCUT2D eigenvalue weighted by atomic mass is 19.1. The zero-order chi connectivity index (χ0) is 12.7. The summed E-state index contributed by atoms with van der Waals surface area (Å²) in [4.78, 5) is 17.5. The Hall–Kier alpha value is -2.70. The molecular formula is C11H8FN5O. The monoisotopic (exact) mass is 245 g/mol. The van der Waals surface area contributed by atoms with Gasteiger partial charge in [-0.1, -0.05) is 12.1 Å². The Balaban J connectivity index is 2.31. The number of H-pyrrole nitrogens is 2. The van der Waals surface area contributed by atoms with Crippen LogP contribution in [0, 0.1) is 5.82 Å². The van der Waals surface area contributed by atoms with Gasteiger partial charge in [-0.3, -0.25) is 4.98 Å². The van der Waals surface area contributed by atoms with Gasteiger partial charge < -0.3 is 5.73 Å². The second kappa shape index (κ2) is 3.66. The Bertz CT molecular complexity index is 791. The fourth-order valence-corrected chi connectivity index (χ4v) is 1.81. The molecule has 0 aliphatic carbocycles. The van der Waals surface area contributed by atoms with Crippen LogP contribution in [-0.2, 0) is 0 Å². The molecule has 0 fully saturated rings. The zero-order valence-electron chi connectivity index (χ0n) is 9.07. The first-order chi connectivity index (χ1) is 8.65. The van der Waals surface area contributed by atoms with E-state index >= 15 is 0 Å². The SMILES string of the molecule is Nc1nc(-c2n[nH]c(=O)[nH]2)cc2cccc(F)c12.